The Morgan fingerprint density at radius 2 is 2.11 bits per heavy atom. The molecule has 1 amide bonds. The monoisotopic (exact) mass is 252 g/mol. The Labute approximate surface area is 107 Å². The van der Waals surface area contributed by atoms with Crippen LogP contribution in [0.4, 0.5) is 0 Å². The molecular formula is C13H20N2O3. The van der Waals surface area contributed by atoms with E-state index in [0.29, 0.717) is 13.1 Å². The van der Waals surface area contributed by atoms with Crippen molar-refractivity contribution in [2.45, 2.75) is 12.6 Å². The molecule has 0 aliphatic carbocycles. The molecule has 1 unspecified atom stereocenters. The molecule has 1 rings (SSSR count). The summed E-state index contributed by atoms with van der Waals surface area (Å²) >= 11 is 0. The number of rotatable bonds is 8. The van der Waals surface area contributed by atoms with E-state index in [-0.39, 0.29) is 19.1 Å². The van der Waals surface area contributed by atoms with Crippen molar-refractivity contribution in [1.82, 2.24) is 10.6 Å². The zero-order valence-electron chi connectivity index (χ0n) is 10.6. The number of hydrogen-bond acceptors (Lipinski definition) is 4. The van der Waals surface area contributed by atoms with Gasteiger partial charge in [-0.3, -0.25) is 4.79 Å². The van der Waals surface area contributed by atoms with Crippen molar-refractivity contribution in [1.29, 1.82) is 0 Å². The SMILES string of the molecule is COCC(O)CNCC(=O)NCc1ccccc1. The first-order valence-electron chi connectivity index (χ1n) is 5.90. The van der Waals surface area contributed by atoms with Gasteiger partial charge in [0.25, 0.3) is 0 Å². The van der Waals surface area contributed by atoms with Crippen LogP contribution in [0.5, 0.6) is 0 Å². The Balaban J connectivity index is 2.11. The van der Waals surface area contributed by atoms with Crippen LogP contribution in [-0.2, 0) is 16.1 Å². The molecule has 0 bridgehead atoms. The van der Waals surface area contributed by atoms with E-state index in [2.05, 4.69) is 10.6 Å². The summed E-state index contributed by atoms with van der Waals surface area (Å²) in [4.78, 5) is 11.5. The summed E-state index contributed by atoms with van der Waals surface area (Å²) < 4.78 is 4.78. The lowest BCUT2D eigenvalue weighted by atomic mass is 10.2. The maximum atomic E-state index is 11.5. The van der Waals surface area contributed by atoms with E-state index in [0.717, 1.165) is 5.56 Å². The van der Waals surface area contributed by atoms with Gasteiger partial charge in [0.1, 0.15) is 0 Å². The lowest BCUT2D eigenvalue weighted by molar-refractivity contribution is -0.120. The third-order valence-electron chi connectivity index (χ3n) is 2.36. The van der Waals surface area contributed by atoms with Crippen molar-refractivity contribution in [2.24, 2.45) is 0 Å². The van der Waals surface area contributed by atoms with E-state index in [4.69, 9.17) is 4.74 Å². The molecule has 0 saturated carbocycles. The summed E-state index contributed by atoms with van der Waals surface area (Å²) in [6.07, 6.45) is -0.586. The van der Waals surface area contributed by atoms with Gasteiger partial charge in [0.2, 0.25) is 5.91 Å². The molecule has 3 N–H and O–H groups in total. The van der Waals surface area contributed by atoms with E-state index in [1.165, 1.54) is 7.11 Å². The average molecular weight is 252 g/mol. The second-order valence-electron chi connectivity index (χ2n) is 4.00. The number of aliphatic hydroxyl groups excluding tert-OH is 1. The quantitative estimate of drug-likeness (QED) is 0.604. The first-order valence-corrected chi connectivity index (χ1v) is 5.90. The van der Waals surface area contributed by atoms with Crippen LogP contribution in [0.2, 0.25) is 0 Å². The van der Waals surface area contributed by atoms with Gasteiger partial charge in [-0.25, -0.2) is 0 Å². The number of benzene rings is 1. The summed E-state index contributed by atoms with van der Waals surface area (Å²) in [7, 11) is 1.52. The molecule has 5 heteroatoms. The number of aliphatic hydroxyl groups is 1. The summed E-state index contributed by atoms with van der Waals surface area (Å²) in [5, 5.41) is 15.0. The molecule has 0 aliphatic heterocycles. The Morgan fingerprint density at radius 3 is 2.78 bits per heavy atom. The molecule has 1 aromatic rings. The number of hydrogen-bond donors (Lipinski definition) is 3. The van der Waals surface area contributed by atoms with Crippen molar-refractivity contribution >= 4 is 5.91 Å². The van der Waals surface area contributed by atoms with Crippen molar-refractivity contribution in [3.05, 3.63) is 35.9 Å². The maximum Gasteiger partial charge on any atom is 0.234 e. The summed E-state index contributed by atoms with van der Waals surface area (Å²) in [5.74, 6) is -0.0940. The smallest absolute Gasteiger partial charge is 0.234 e. The van der Waals surface area contributed by atoms with Gasteiger partial charge in [-0.05, 0) is 5.56 Å². The zero-order valence-corrected chi connectivity index (χ0v) is 10.6. The van der Waals surface area contributed by atoms with Crippen molar-refractivity contribution in [3.8, 4) is 0 Å². The Kier molecular flexibility index (Phi) is 7.01. The lowest BCUT2D eigenvalue weighted by Gasteiger charge is -2.10. The van der Waals surface area contributed by atoms with Crippen LogP contribution in [0.25, 0.3) is 0 Å². The van der Waals surface area contributed by atoms with Gasteiger partial charge in [-0.15, -0.1) is 0 Å². The molecule has 0 aliphatic rings. The van der Waals surface area contributed by atoms with Crippen LogP contribution in [0.1, 0.15) is 5.56 Å². The topological polar surface area (TPSA) is 70.6 Å². The van der Waals surface area contributed by atoms with Gasteiger partial charge in [-0.1, -0.05) is 30.3 Å². The number of methoxy groups -OCH3 is 1. The van der Waals surface area contributed by atoms with Crippen molar-refractivity contribution in [3.63, 3.8) is 0 Å². The van der Waals surface area contributed by atoms with Gasteiger partial charge in [0, 0.05) is 20.2 Å². The lowest BCUT2D eigenvalue weighted by Crippen LogP contribution is -2.38. The van der Waals surface area contributed by atoms with E-state index in [1.807, 2.05) is 30.3 Å². The highest BCUT2D eigenvalue weighted by molar-refractivity contribution is 5.77. The maximum absolute atomic E-state index is 11.5. The summed E-state index contributed by atoms with van der Waals surface area (Å²) in [5.41, 5.74) is 1.06. The number of amides is 1. The molecule has 0 fully saturated rings. The van der Waals surface area contributed by atoms with Gasteiger partial charge in [-0.2, -0.15) is 0 Å². The summed E-state index contributed by atoms with van der Waals surface area (Å²) in [6.45, 7) is 1.31. The predicted octanol–water partition coefficient (Wildman–Crippen LogP) is -0.100. The van der Waals surface area contributed by atoms with Gasteiger partial charge < -0.3 is 20.5 Å². The van der Waals surface area contributed by atoms with Crippen LogP contribution >= 0.6 is 0 Å². The normalized spacial score (nSPS) is 12.1. The van der Waals surface area contributed by atoms with Crippen LogP contribution in [0.3, 0.4) is 0 Å². The fourth-order valence-corrected chi connectivity index (χ4v) is 1.46. The number of carbonyl (C=O) groups is 1. The zero-order chi connectivity index (χ0) is 13.2. The Hall–Kier alpha value is -1.43. The minimum atomic E-state index is -0.586. The second-order valence-corrected chi connectivity index (χ2v) is 4.00. The van der Waals surface area contributed by atoms with E-state index in [9.17, 15) is 9.90 Å². The first-order chi connectivity index (χ1) is 8.72. The molecule has 0 aromatic heterocycles. The van der Waals surface area contributed by atoms with E-state index < -0.39 is 6.10 Å². The van der Waals surface area contributed by atoms with Crippen LogP contribution < -0.4 is 10.6 Å². The van der Waals surface area contributed by atoms with Crippen LogP contribution in [-0.4, -0.2) is 43.9 Å². The number of ether oxygens (including phenoxy) is 1. The third kappa shape index (κ3) is 6.34. The molecule has 0 radical (unpaired) electrons. The fourth-order valence-electron chi connectivity index (χ4n) is 1.46. The number of carbonyl (C=O) groups excluding carboxylic acids is 1. The van der Waals surface area contributed by atoms with Crippen LogP contribution in [0, 0.1) is 0 Å². The highest BCUT2D eigenvalue weighted by Crippen LogP contribution is 1.96. The molecule has 0 spiro atoms. The molecule has 0 saturated heterocycles. The van der Waals surface area contributed by atoms with Crippen LogP contribution in [0.15, 0.2) is 30.3 Å². The van der Waals surface area contributed by atoms with Gasteiger partial charge in [0.05, 0.1) is 19.3 Å². The molecule has 1 atom stereocenters. The second kappa shape index (κ2) is 8.63. The minimum absolute atomic E-state index is 0.0940. The minimum Gasteiger partial charge on any atom is -0.389 e. The molecular weight excluding hydrogens is 232 g/mol. The summed E-state index contributed by atoms with van der Waals surface area (Å²) in [6, 6.07) is 9.71. The van der Waals surface area contributed by atoms with Gasteiger partial charge >= 0.3 is 0 Å². The Morgan fingerprint density at radius 1 is 1.39 bits per heavy atom. The van der Waals surface area contributed by atoms with Crippen molar-refractivity contribution in [2.75, 3.05) is 26.8 Å². The Bertz CT molecular complexity index is 343. The van der Waals surface area contributed by atoms with Gasteiger partial charge in [0.15, 0.2) is 0 Å². The molecule has 5 nitrogen and oxygen atoms in total. The molecule has 1 aromatic carbocycles. The molecule has 100 valence electrons. The standard InChI is InChI=1S/C13H20N2O3/c1-18-10-12(16)8-14-9-13(17)15-7-11-5-3-2-4-6-11/h2-6,12,14,16H,7-10H2,1H3,(H,15,17). The fraction of sp³-hybridized carbons (Fsp3) is 0.462. The third-order valence-corrected chi connectivity index (χ3v) is 2.36. The van der Waals surface area contributed by atoms with E-state index in [1.54, 1.807) is 0 Å². The average Bonchev–Trinajstić information content (AvgIpc) is 2.38. The van der Waals surface area contributed by atoms with E-state index >= 15 is 0 Å². The largest absolute Gasteiger partial charge is 0.389 e. The van der Waals surface area contributed by atoms with Crippen molar-refractivity contribution < 1.29 is 14.6 Å². The molecule has 18 heavy (non-hydrogen) atoms. The highest BCUT2D eigenvalue weighted by Gasteiger charge is 2.04. The number of nitrogens with one attached hydrogen (secondary N) is 2. The highest BCUT2D eigenvalue weighted by atomic mass is 16.5. The predicted molar refractivity (Wildman–Crippen MR) is 69.0 cm³/mol. The molecule has 0 heterocycles. The first kappa shape index (κ1) is 14.6.